The highest BCUT2D eigenvalue weighted by molar-refractivity contribution is 5.63. The molecule has 0 atom stereocenters. The standard InChI is InChI=1S/C11H11FN4O2/c1-7-11(6-15(2)14-7)13-9-3-8(12)4-10(5-9)16(17)18/h3-6,13H,1-2H3. The Hall–Kier alpha value is -2.44. The SMILES string of the molecule is Cc1nn(C)cc1Nc1cc(F)cc([N+](=O)[O-])c1. The highest BCUT2D eigenvalue weighted by atomic mass is 19.1. The van der Waals surface area contributed by atoms with E-state index in [1.54, 1.807) is 24.9 Å². The number of hydrogen-bond donors (Lipinski definition) is 1. The van der Waals surface area contributed by atoms with Crippen LogP contribution in [0.2, 0.25) is 0 Å². The Kier molecular flexibility index (Phi) is 2.97. The molecule has 18 heavy (non-hydrogen) atoms. The minimum atomic E-state index is -0.659. The zero-order valence-corrected chi connectivity index (χ0v) is 9.85. The van der Waals surface area contributed by atoms with E-state index in [2.05, 4.69) is 10.4 Å². The van der Waals surface area contributed by atoms with Crippen LogP contribution in [0, 0.1) is 22.9 Å². The van der Waals surface area contributed by atoms with E-state index in [4.69, 9.17) is 0 Å². The lowest BCUT2D eigenvalue weighted by atomic mass is 10.2. The van der Waals surface area contributed by atoms with Gasteiger partial charge in [0.15, 0.2) is 0 Å². The fourth-order valence-corrected chi connectivity index (χ4v) is 1.63. The van der Waals surface area contributed by atoms with Gasteiger partial charge in [0.1, 0.15) is 5.82 Å². The largest absolute Gasteiger partial charge is 0.352 e. The zero-order valence-electron chi connectivity index (χ0n) is 9.85. The second-order valence-electron chi connectivity index (χ2n) is 3.88. The number of nitrogens with one attached hydrogen (secondary N) is 1. The highest BCUT2D eigenvalue weighted by Crippen LogP contribution is 2.24. The molecule has 7 heteroatoms. The maximum absolute atomic E-state index is 13.2. The van der Waals surface area contributed by atoms with Gasteiger partial charge in [-0.1, -0.05) is 0 Å². The van der Waals surface area contributed by atoms with Crippen LogP contribution in [0.3, 0.4) is 0 Å². The average Bonchev–Trinajstić information content (AvgIpc) is 2.56. The van der Waals surface area contributed by atoms with Crippen LogP contribution < -0.4 is 5.32 Å². The number of aromatic nitrogens is 2. The predicted octanol–water partition coefficient (Wildman–Crippen LogP) is 2.52. The molecule has 0 radical (unpaired) electrons. The molecule has 0 spiro atoms. The van der Waals surface area contributed by atoms with E-state index < -0.39 is 10.7 Å². The van der Waals surface area contributed by atoms with Crippen LogP contribution in [-0.2, 0) is 7.05 Å². The van der Waals surface area contributed by atoms with Gasteiger partial charge in [0.25, 0.3) is 5.69 Å². The Morgan fingerprint density at radius 3 is 2.72 bits per heavy atom. The first-order valence-corrected chi connectivity index (χ1v) is 5.18. The van der Waals surface area contributed by atoms with Crippen LogP contribution >= 0.6 is 0 Å². The Bertz CT molecular complexity index is 609. The summed E-state index contributed by atoms with van der Waals surface area (Å²) < 4.78 is 14.8. The van der Waals surface area contributed by atoms with E-state index in [9.17, 15) is 14.5 Å². The number of nitrogens with zero attached hydrogens (tertiary/aromatic N) is 3. The quantitative estimate of drug-likeness (QED) is 0.671. The van der Waals surface area contributed by atoms with Crippen LogP contribution in [0.4, 0.5) is 21.5 Å². The minimum absolute atomic E-state index is 0.293. The molecule has 1 heterocycles. The van der Waals surface area contributed by atoms with E-state index in [0.717, 1.165) is 11.8 Å². The van der Waals surface area contributed by atoms with Crippen molar-refractivity contribution in [2.75, 3.05) is 5.32 Å². The molecule has 0 amide bonds. The van der Waals surface area contributed by atoms with Gasteiger partial charge in [0, 0.05) is 25.0 Å². The molecule has 2 aromatic rings. The topological polar surface area (TPSA) is 73.0 Å². The summed E-state index contributed by atoms with van der Waals surface area (Å²) in [6, 6.07) is 3.34. The molecule has 0 saturated heterocycles. The lowest BCUT2D eigenvalue weighted by molar-refractivity contribution is -0.385. The van der Waals surface area contributed by atoms with E-state index in [1.165, 1.54) is 12.1 Å². The lowest BCUT2D eigenvalue weighted by Crippen LogP contribution is -1.95. The molecular weight excluding hydrogens is 239 g/mol. The number of non-ortho nitro benzene ring substituents is 1. The van der Waals surface area contributed by atoms with Crippen molar-refractivity contribution in [3.05, 3.63) is 46.0 Å². The van der Waals surface area contributed by atoms with Gasteiger partial charge < -0.3 is 5.32 Å². The zero-order chi connectivity index (χ0) is 13.3. The Morgan fingerprint density at radius 1 is 1.44 bits per heavy atom. The third-order valence-corrected chi connectivity index (χ3v) is 2.39. The van der Waals surface area contributed by atoms with Gasteiger partial charge >= 0.3 is 0 Å². The third-order valence-electron chi connectivity index (χ3n) is 2.39. The molecule has 1 N–H and O–H groups in total. The van der Waals surface area contributed by atoms with Gasteiger partial charge in [0.05, 0.1) is 22.4 Å². The number of benzene rings is 1. The van der Waals surface area contributed by atoms with E-state index in [1.807, 2.05) is 0 Å². The van der Waals surface area contributed by atoms with Gasteiger partial charge in [0.2, 0.25) is 0 Å². The number of rotatable bonds is 3. The predicted molar refractivity (Wildman–Crippen MR) is 64.3 cm³/mol. The average molecular weight is 250 g/mol. The molecule has 0 saturated carbocycles. The van der Waals surface area contributed by atoms with Gasteiger partial charge in [-0.05, 0) is 13.0 Å². The van der Waals surface area contributed by atoms with Gasteiger partial charge in [-0.25, -0.2) is 4.39 Å². The molecule has 94 valence electrons. The summed E-state index contributed by atoms with van der Waals surface area (Å²) in [5.74, 6) is -0.659. The van der Waals surface area contributed by atoms with E-state index in [0.29, 0.717) is 11.4 Å². The van der Waals surface area contributed by atoms with E-state index in [-0.39, 0.29) is 5.69 Å². The molecule has 6 nitrogen and oxygen atoms in total. The van der Waals surface area contributed by atoms with Crippen molar-refractivity contribution < 1.29 is 9.31 Å². The summed E-state index contributed by atoms with van der Waals surface area (Å²) >= 11 is 0. The van der Waals surface area contributed by atoms with Crippen molar-refractivity contribution >= 4 is 17.1 Å². The first-order chi connectivity index (χ1) is 8.45. The second-order valence-corrected chi connectivity index (χ2v) is 3.88. The molecule has 0 aliphatic heterocycles. The first-order valence-electron chi connectivity index (χ1n) is 5.18. The van der Waals surface area contributed by atoms with Crippen molar-refractivity contribution in [2.45, 2.75) is 6.92 Å². The van der Waals surface area contributed by atoms with Crippen molar-refractivity contribution in [2.24, 2.45) is 7.05 Å². The molecule has 0 bridgehead atoms. The summed E-state index contributed by atoms with van der Waals surface area (Å²) in [6.07, 6.45) is 1.71. The Morgan fingerprint density at radius 2 is 2.17 bits per heavy atom. The van der Waals surface area contributed by atoms with Crippen molar-refractivity contribution in [3.63, 3.8) is 0 Å². The summed E-state index contributed by atoms with van der Waals surface area (Å²) in [6.45, 7) is 1.79. The number of anilines is 2. The maximum atomic E-state index is 13.2. The Labute approximate surface area is 102 Å². The van der Waals surface area contributed by atoms with Gasteiger partial charge in [-0.2, -0.15) is 5.10 Å². The Balaban J connectivity index is 2.34. The molecule has 1 aromatic heterocycles. The van der Waals surface area contributed by atoms with E-state index >= 15 is 0 Å². The number of halogens is 1. The molecule has 1 aromatic carbocycles. The van der Waals surface area contributed by atoms with Crippen LogP contribution in [0.1, 0.15) is 5.69 Å². The molecule has 0 aliphatic carbocycles. The van der Waals surface area contributed by atoms with Crippen LogP contribution in [0.25, 0.3) is 0 Å². The number of hydrogen-bond acceptors (Lipinski definition) is 4. The number of nitro groups is 1. The molecule has 0 aliphatic rings. The van der Waals surface area contributed by atoms with Gasteiger partial charge in [-0.3, -0.25) is 14.8 Å². The second kappa shape index (κ2) is 4.44. The molecule has 0 fully saturated rings. The van der Waals surface area contributed by atoms with Gasteiger partial charge in [-0.15, -0.1) is 0 Å². The monoisotopic (exact) mass is 250 g/mol. The highest BCUT2D eigenvalue weighted by Gasteiger charge is 2.11. The van der Waals surface area contributed by atoms with Crippen LogP contribution in [0.5, 0.6) is 0 Å². The third kappa shape index (κ3) is 2.45. The fourth-order valence-electron chi connectivity index (χ4n) is 1.63. The maximum Gasteiger partial charge on any atom is 0.274 e. The minimum Gasteiger partial charge on any atom is -0.352 e. The number of aryl methyl sites for hydroxylation is 2. The summed E-state index contributed by atoms with van der Waals surface area (Å²) in [5, 5.41) is 17.6. The normalized spacial score (nSPS) is 10.4. The number of nitro benzene ring substituents is 1. The summed E-state index contributed by atoms with van der Waals surface area (Å²) in [7, 11) is 1.76. The van der Waals surface area contributed by atoms with Crippen LogP contribution in [0.15, 0.2) is 24.4 Å². The molecule has 0 unspecified atom stereocenters. The van der Waals surface area contributed by atoms with Crippen molar-refractivity contribution in [3.8, 4) is 0 Å². The lowest BCUT2D eigenvalue weighted by Gasteiger charge is -2.04. The summed E-state index contributed by atoms with van der Waals surface area (Å²) in [4.78, 5) is 9.99. The smallest absolute Gasteiger partial charge is 0.274 e. The molecule has 2 rings (SSSR count). The molecular formula is C11H11FN4O2. The first kappa shape index (κ1) is 12.0. The van der Waals surface area contributed by atoms with Crippen LogP contribution in [-0.4, -0.2) is 14.7 Å². The van der Waals surface area contributed by atoms with Crippen molar-refractivity contribution in [1.82, 2.24) is 9.78 Å². The summed E-state index contributed by atoms with van der Waals surface area (Å²) in [5.41, 5.74) is 1.43. The van der Waals surface area contributed by atoms with Crippen molar-refractivity contribution in [1.29, 1.82) is 0 Å². The fraction of sp³-hybridized carbons (Fsp3) is 0.182.